The second kappa shape index (κ2) is 12.3. The second-order valence-corrected chi connectivity index (χ2v) is 7.10. The van der Waals surface area contributed by atoms with Gasteiger partial charge in [0.15, 0.2) is 6.61 Å². The lowest BCUT2D eigenvalue weighted by atomic mass is 10.2. The summed E-state index contributed by atoms with van der Waals surface area (Å²) in [5.41, 5.74) is 1.91. The summed E-state index contributed by atoms with van der Waals surface area (Å²) in [6.07, 6.45) is -0.146. The van der Waals surface area contributed by atoms with Gasteiger partial charge in [-0.2, -0.15) is 10.2 Å². The molecule has 178 valence electrons. The van der Waals surface area contributed by atoms with Crippen LogP contribution in [0.15, 0.2) is 89.1 Å². The third kappa shape index (κ3) is 8.17. The van der Waals surface area contributed by atoms with E-state index in [0.29, 0.717) is 11.4 Å². The number of nitrogens with zero attached hydrogens (tertiary/aromatic N) is 3. The van der Waals surface area contributed by atoms with E-state index >= 15 is 0 Å². The highest BCUT2D eigenvalue weighted by Crippen LogP contribution is 2.20. The molecule has 3 rings (SSSR count). The number of nitro groups is 1. The quantitative estimate of drug-likeness (QED) is 0.193. The molecule has 0 aliphatic carbocycles. The smallest absolute Gasteiger partial charge is 0.308 e. The van der Waals surface area contributed by atoms with Crippen molar-refractivity contribution in [3.05, 3.63) is 94.5 Å². The number of rotatable bonds is 10. The maximum Gasteiger partial charge on any atom is 0.308 e. The Morgan fingerprint density at radius 3 is 2.11 bits per heavy atom. The van der Waals surface area contributed by atoms with Crippen molar-refractivity contribution in [3.8, 4) is 0 Å². The van der Waals surface area contributed by atoms with E-state index in [1.54, 1.807) is 24.3 Å². The Morgan fingerprint density at radius 2 is 1.49 bits per heavy atom. The summed E-state index contributed by atoms with van der Waals surface area (Å²) in [4.78, 5) is 45.9. The number of anilines is 1. The molecular formula is C24H21N5O6. The van der Waals surface area contributed by atoms with Crippen LogP contribution in [-0.4, -0.2) is 35.9 Å². The number of azo groups is 1. The summed E-state index contributed by atoms with van der Waals surface area (Å²) >= 11 is 0. The fourth-order valence-electron chi connectivity index (χ4n) is 2.75. The van der Waals surface area contributed by atoms with Crippen LogP contribution >= 0.6 is 0 Å². The predicted molar refractivity (Wildman–Crippen MR) is 127 cm³/mol. The van der Waals surface area contributed by atoms with Crippen molar-refractivity contribution in [2.45, 2.75) is 6.42 Å². The molecule has 2 amide bonds. The topological polar surface area (TPSA) is 152 Å². The molecule has 0 aromatic heterocycles. The molecule has 2 N–H and O–H groups in total. The monoisotopic (exact) mass is 475 g/mol. The van der Waals surface area contributed by atoms with Crippen LogP contribution in [-0.2, 0) is 14.3 Å². The first-order valence-electron chi connectivity index (χ1n) is 10.5. The molecule has 11 heteroatoms. The minimum atomic E-state index is -0.666. The summed E-state index contributed by atoms with van der Waals surface area (Å²) in [5, 5.41) is 24.0. The number of hydrogen-bond donors (Lipinski definition) is 2. The highest BCUT2D eigenvalue weighted by molar-refractivity contribution is 5.95. The highest BCUT2D eigenvalue weighted by atomic mass is 16.6. The van der Waals surface area contributed by atoms with Crippen LogP contribution in [0.1, 0.15) is 16.8 Å². The summed E-state index contributed by atoms with van der Waals surface area (Å²) < 4.78 is 4.91. The molecule has 3 aromatic carbocycles. The van der Waals surface area contributed by atoms with Gasteiger partial charge in [0.1, 0.15) is 0 Å². The van der Waals surface area contributed by atoms with Crippen LogP contribution in [0, 0.1) is 10.1 Å². The Labute approximate surface area is 200 Å². The van der Waals surface area contributed by atoms with Gasteiger partial charge in [-0.1, -0.05) is 18.2 Å². The lowest BCUT2D eigenvalue weighted by Gasteiger charge is -2.08. The van der Waals surface area contributed by atoms with Gasteiger partial charge in [-0.15, -0.1) is 0 Å². The zero-order valence-corrected chi connectivity index (χ0v) is 18.4. The fraction of sp³-hybridized carbons (Fsp3) is 0.125. The Bertz CT molecular complexity index is 1210. The van der Waals surface area contributed by atoms with E-state index in [1.165, 1.54) is 24.3 Å². The molecule has 0 bridgehead atoms. The SMILES string of the molecule is O=C(COC(=O)CCNC(=O)c1ccc([N+](=O)[O-])cc1)Nc1ccc(N=Nc2ccccc2)cc1. The van der Waals surface area contributed by atoms with Gasteiger partial charge < -0.3 is 15.4 Å². The second-order valence-electron chi connectivity index (χ2n) is 7.10. The molecule has 0 saturated carbocycles. The first-order chi connectivity index (χ1) is 16.9. The summed E-state index contributed by atoms with van der Waals surface area (Å²) in [5.74, 6) is -1.68. The van der Waals surface area contributed by atoms with Gasteiger partial charge in [-0.05, 0) is 48.5 Å². The third-order valence-electron chi connectivity index (χ3n) is 4.51. The van der Waals surface area contributed by atoms with Gasteiger partial charge in [-0.25, -0.2) is 0 Å². The van der Waals surface area contributed by atoms with Crippen LogP contribution < -0.4 is 10.6 Å². The Balaban J connectivity index is 1.35. The van der Waals surface area contributed by atoms with Gasteiger partial charge in [-0.3, -0.25) is 24.5 Å². The number of carbonyl (C=O) groups excluding carboxylic acids is 3. The van der Waals surface area contributed by atoms with E-state index < -0.39 is 29.3 Å². The molecule has 0 aliphatic heterocycles. The molecule has 0 atom stereocenters. The molecule has 0 heterocycles. The van der Waals surface area contributed by atoms with Crippen LogP contribution in [0.2, 0.25) is 0 Å². The minimum Gasteiger partial charge on any atom is -0.456 e. The predicted octanol–water partition coefficient (Wildman–Crippen LogP) is 4.31. The molecule has 0 radical (unpaired) electrons. The van der Waals surface area contributed by atoms with Gasteiger partial charge in [0.25, 0.3) is 17.5 Å². The number of esters is 1. The van der Waals surface area contributed by atoms with Crippen molar-refractivity contribution in [3.63, 3.8) is 0 Å². The van der Waals surface area contributed by atoms with E-state index in [4.69, 9.17) is 4.74 Å². The first kappa shape index (κ1) is 24.7. The van der Waals surface area contributed by atoms with E-state index in [9.17, 15) is 24.5 Å². The number of non-ortho nitro benzene ring substituents is 1. The summed E-state index contributed by atoms with van der Waals surface area (Å²) in [6, 6.07) is 21.0. The van der Waals surface area contributed by atoms with Crippen LogP contribution in [0.3, 0.4) is 0 Å². The Morgan fingerprint density at radius 1 is 0.857 bits per heavy atom. The number of benzene rings is 3. The van der Waals surface area contributed by atoms with Crippen LogP contribution in [0.5, 0.6) is 0 Å². The average molecular weight is 475 g/mol. The Kier molecular flexibility index (Phi) is 8.72. The number of hydrogen-bond acceptors (Lipinski definition) is 8. The molecule has 35 heavy (non-hydrogen) atoms. The van der Waals surface area contributed by atoms with Crippen molar-refractivity contribution >= 4 is 40.5 Å². The van der Waals surface area contributed by atoms with E-state index in [-0.39, 0.29) is 24.2 Å². The van der Waals surface area contributed by atoms with Crippen LogP contribution in [0.25, 0.3) is 0 Å². The van der Waals surface area contributed by atoms with Crippen LogP contribution in [0.4, 0.5) is 22.7 Å². The van der Waals surface area contributed by atoms with Gasteiger partial charge >= 0.3 is 5.97 Å². The lowest BCUT2D eigenvalue weighted by Crippen LogP contribution is -2.27. The number of amides is 2. The molecule has 11 nitrogen and oxygen atoms in total. The van der Waals surface area contributed by atoms with Crippen molar-refractivity contribution in [1.29, 1.82) is 0 Å². The molecule has 0 spiro atoms. The first-order valence-corrected chi connectivity index (χ1v) is 10.5. The standard InChI is InChI=1S/C24H21N5O6/c30-22(26-18-8-10-20(11-9-18)28-27-19-4-2-1-3-5-19)16-35-23(31)14-15-25-24(32)17-6-12-21(13-7-17)29(33)34/h1-13H,14-16H2,(H,25,32)(H,26,30). The van der Waals surface area contributed by atoms with Crippen molar-refractivity contribution in [2.75, 3.05) is 18.5 Å². The maximum atomic E-state index is 12.0. The third-order valence-corrected chi connectivity index (χ3v) is 4.51. The molecule has 0 fully saturated rings. The number of ether oxygens (including phenoxy) is 1. The number of nitro benzene ring substituents is 1. The number of carbonyl (C=O) groups is 3. The normalized spacial score (nSPS) is 10.5. The van der Waals surface area contributed by atoms with E-state index in [0.717, 1.165) is 5.69 Å². The van der Waals surface area contributed by atoms with Crippen molar-refractivity contribution < 1.29 is 24.0 Å². The fourth-order valence-corrected chi connectivity index (χ4v) is 2.75. The van der Waals surface area contributed by atoms with E-state index in [2.05, 4.69) is 20.9 Å². The van der Waals surface area contributed by atoms with Crippen molar-refractivity contribution in [1.82, 2.24) is 5.32 Å². The van der Waals surface area contributed by atoms with Gasteiger partial charge in [0, 0.05) is 29.9 Å². The van der Waals surface area contributed by atoms with Crippen molar-refractivity contribution in [2.24, 2.45) is 10.2 Å². The maximum absolute atomic E-state index is 12.0. The largest absolute Gasteiger partial charge is 0.456 e. The molecule has 0 saturated heterocycles. The highest BCUT2D eigenvalue weighted by Gasteiger charge is 2.11. The van der Waals surface area contributed by atoms with E-state index in [1.807, 2.05) is 30.3 Å². The van der Waals surface area contributed by atoms with Gasteiger partial charge in [0.2, 0.25) is 0 Å². The number of nitrogens with one attached hydrogen (secondary N) is 2. The lowest BCUT2D eigenvalue weighted by molar-refractivity contribution is -0.384. The average Bonchev–Trinajstić information content (AvgIpc) is 2.87. The molecule has 3 aromatic rings. The van der Waals surface area contributed by atoms with Gasteiger partial charge in [0.05, 0.1) is 22.7 Å². The summed E-state index contributed by atoms with van der Waals surface area (Å²) in [6.45, 7) is -0.500. The minimum absolute atomic E-state index is 0.0186. The molecule has 0 unspecified atom stereocenters. The zero-order chi connectivity index (χ0) is 25.0. The molecule has 0 aliphatic rings. The molecular weight excluding hydrogens is 454 g/mol. The Hall–Kier alpha value is -4.93. The zero-order valence-electron chi connectivity index (χ0n) is 18.4. The summed E-state index contributed by atoms with van der Waals surface area (Å²) in [7, 11) is 0.